The fourth-order valence-corrected chi connectivity index (χ4v) is 3.15. The van der Waals surface area contributed by atoms with Gasteiger partial charge in [-0.1, -0.05) is 42.8 Å². The van der Waals surface area contributed by atoms with Crippen molar-refractivity contribution in [3.05, 3.63) is 52.9 Å². The van der Waals surface area contributed by atoms with Crippen LogP contribution in [-0.2, 0) is 24.2 Å². The summed E-state index contributed by atoms with van der Waals surface area (Å²) < 4.78 is 5.23. The smallest absolute Gasteiger partial charge is 0.220 e. The number of carbonyl (C=O) groups excluding carboxylic acids is 1. The summed E-state index contributed by atoms with van der Waals surface area (Å²) in [6.45, 7) is 2.53. The normalized spacial score (nSPS) is 16.5. The molecular formula is C18H22N2O2. The van der Waals surface area contributed by atoms with Gasteiger partial charge >= 0.3 is 0 Å². The lowest BCUT2D eigenvalue weighted by atomic mass is 9.97. The van der Waals surface area contributed by atoms with Gasteiger partial charge in [-0.15, -0.1) is 0 Å². The Balaban J connectivity index is 1.51. The summed E-state index contributed by atoms with van der Waals surface area (Å²) in [6, 6.07) is 10.4. The van der Waals surface area contributed by atoms with Crippen molar-refractivity contribution in [2.45, 2.75) is 51.5 Å². The quantitative estimate of drug-likeness (QED) is 0.889. The molecular weight excluding hydrogens is 276 g/mol. The molecule has 4 heteroatoms. The second kappa shape index (κ2) is 6.77. The maximum Gasteiger partial charge on any atom is 0.220 e. The van der Waals surface area contributed by atoms with Gasteiger partial charge in [-0.3, -0.25) is 4.79 Å². The van der Waals surface area contributed by atoms with Crippen molar-refractivity contribution in [3.63, 3.8) is 0 Å². The minimum atomic E-state index is 0.0788. The van der Waals surface area contributed by atoms with Crippen LogP contribution < -0.4 is 5.32 Å². The number of aromatic nitrogens is 1. The number of nitrogens with one attached hydrogen (secondary N) is 1. The molecule has 1 aromatic heterocycles. The molecule has 2 aromatic rings. The van der Waals surface area contributed by atoms with Crippen molar-refractivity contribution in [3.8, 4) is 0 Å². The molecule has 1 atom stereocenters. The van der Waals surface area contributed by atoms with Gasteiger partial charge in [-0.2, -0.15) is 0 Å². The Kier molecular flexibility index (Phi) is 4.56. The van der Waals surface area contributed by atoms with Gasteiger partial charge in [0.1, 0.15) is 0 Å². The van der Waals surface area contributed by atoms with Gasteiger partial charge in [0.05, 0.1) is 12.2 Å². The zero-order chi connectivity index (χ0) is 15.4. The number of carbonyl (C=O) groups is 1. The lowest BCUT2D eigenvalue weighted by molar-refractivity contribution is -0.121. The standard InChI is InChI=1S/C18H22N2O2/c1-2-5-15-11-16(22-20-15)12-19-18(21)10-14-9-8-13-6-3-4-7-17(13)14/h3-4,6-7,11,14H,2,5,8-10,12H2,1H3,(H,19,21)/t14-/m1/s1. The first-order chi connectivity index (χ1) is 10.8. The van der Waals surface area contributed by atoms with Crippen LogP contribution in [0.4, 0.5) is 0 Å². The van der Waals surface area contributed by atoms with E-state index in [0.29, 0.717) is 18.9 Å². The number of hydrogen-bond acceptors (Lipinski definition) is 3. The van der Waals surface area contributed by atoms with Crippen molar-refractivity contribution in [2.75, 3.05) is 0 Å². The van der Waals surface area contributed by atoms with Crippen molar-refractivity contribution in [1.82, 2.24) is 10.5 Å². The van der Waals surface area contributed by atoms with E-state index in [-0.39, 0.29) is 5.91 Å². The summed E-state index contributed by atoms with van der Waals surface area (Å²) in [4.78, 5) is 12.1. The van der Waals surface area contributed by atoms with Crippen LogP contribution in [0.5, 0.6) is 0 Å². The number of amides is 1. The Hall–Kier alpha value is -2.10. The lowest BCUT2D eigenvalue weighted by Crippen LogP contribution is -2.24. The predicted molar refractivity (Wildman–Crippen MR) is 84.5 cm³/mol. The van der Waals surface area contributed by atoms with Crippen LogP contribution in [-0.4, -0.2) is 11.1 Å². The molecule has 3 rings (SSSR count). The molecule has 0 bridgehead atoms. The lowest BCUT2D eigenvalue weighted by Gasteiger charge is -2.11. The zero-order valence-electron chi connectivity index (χ0n) is 13.0. The van der Waals surface area contributed by atoms with Crippen LogP contribution in [0.2, 0.25) is 0 Å². The molecule has 22 heavy (non-hydrogen) atoms. The van der Waals surface area contributed by atoms with Crippen LogP contribution in [0.15, 0.2) is 34.9 Å². The average Bonchev–Trinajstić information content (AvgIpc) is 3.13. The molecule has 0 fully saturated rings. The monoisotopic (exact) mass is 298 g/mol. The Labute approximate surface area is 130 Å². The zero-order valence-corrected chi connectivity index (χ0v) is 13.0. The molecule has 0 spiro atoms. The van der Waals surface area contributed by atoms with Crippen LogP contribution in [0.1, 0.15) is 54.7 Å². The van der Waals surface area contributed by atoms with Crippen LogP contribution in [0, 0.1) is 0 Å². The molecule has 1 heterocycles. The van der Waals surface area contributed by atoms with E-state index in [0.717, 1.165) is 37.1 Å². The first-order valence-corrected chi connectivity index (χ1v) is 8.05. The molecule has 0 saturated carbocycles. The molecule has 0 aliphatic heterocycles. The van der Waals surface area contributed by atoms with Gasteiger partial charge in [0.25, 0.3) is 0 Å². The summed E-state index contributed by atoms with van der Waals surface area (Å²) in [7, 11) is 0. The van der Waals surface area contributed by atoms with E-state index in [1.165, 1.54) is 11.1 Å². The summed E-state index contributed by atoms with van der Waals surface area (Å²) in [5.74, 6) is 1.15. The van der Waals surface area contributed by atoms with Crippen molar-refractivity contribution in [2.24, 2.45) is 0 Å². The van der Waals surface area contributed by atoms with E-state index in [2.05, 4.69) is 41.7 Å². The highest BCUT2D eigenvalue weighted by Crippen LogP contribution is 2.35. The van der Waals surface area contributed by atoms with E-state index in [9.17, 15) is 4.79 Å². The van der Waals surface area contributed by atoms with Gasteiger partial charge in [0.15, 0.2) is 5.76 Å². The maximum atomic E-state index is 12.1. The first-order valence-electron chi connectivity index (χ1n) is 8.05. The minimum Gasteiger partial charge on any atom is -0.359 e. The summed E-state index contributed by atoms with van der Waals surface area (Å²) in [6.07, 6.45) is 4.65. The van der Waals surface area contributed by atoms with E-state index in [1.807, 2.05) is 6.07 Å². The third-order valence-electron chi connectivity index (χ3n) is 4.26. The largest absolute Gasteiger partial charge is 0.359 e. The number of benzene rings is 1. The topological polar surface area (TPSA) is 55.1 Å². The molecule has 1 aromatic carbocycles. The summed E-state index contributed by atoms with van der Waals surface area (Å²) in [5, 5.41) is 6.93. The molecule has 1 amide bonds. The van der Waals surface area contributed by atoms with Gasteiger partial charge in [-0.25, -0.2) is 0 Å². The molecule has 0 radical (unpaired) electrons. The molecule has 0 unspecified atom stereocenters. The molecule has 4 nitrogen and oxygen atoms in total. The van der Waals surface area contributed by atoms with Gasteiger partial charge < -0.3 is 9.84 Å². The van der Waals surface area contributed by atoms with Crippen molar-refractivity contribution in [1.29, 1.82) is 0 Å². The highest BCUT2D eigenvalue weighted by atomic mass is 16.5. The number of fused-ring (bicyclic) bond motifs is 1. The van der Waals surface area contributed by atoms with Gasteiger partial charge in [0.2, 0.25) is 5.91 Å². The number of hydrogen-bond donors (Lipinski definition) is 1. The Morgan fingerprint density at radius 2 is 2.27 bits per heavy atom. The molecule has 1 aliphatic rings. The molecule has 116 valence electrons. The molecule has 1 aliphatic carbocycles. The Bertz CT molecular complexity index is 648. The Morgan fingerprint density at radius 1 is 1.41 bits per heavy atom. The number of aryl methyl sites for hydroxylation is 2. The minimum absolute atomic E-state index is 0.0788. The fraction of sp³-hybridized carbons (Fsp3) is 0.444. The predicted octanol–water partition coefficient (Wildman–Crippen LogP) is 3.36. The number of rotatable bonds is 6. The Morgan fingerprint density at radius 3 is 3.14 bits per heavy atom. The van der Waals surface area contributed by atoms with Crippen molar-refractivity contribution >= 4 is 5.91 Å². The average molecular weight is 298 g/mol. The van der Waals surface area contributed by atoms with E-state index >= 15 is 0 Å². The van der Waals surface area contributed by atoms with Crippen LogP contribution >= 0.6 is 0 Å². The van der Waals surface area contributed by atoms with Crippen molar-refractivity contribution < 1.29 is 9.32 Å². The third kappa shape index (κ3) is 3.38. The number of nitrogens with zero attached hydrogens (tertiary/aromatic N) is 1. The second-order valence-corrected chi connectivity index (χ2v) is 5.95. The highest BCUT2D eigenvalue weighted by Gasteiger charge is 2.24. The molecule has 0 saturated heterocycles. The fourth-order valence-electron chi connectivity index (χ4n) is 3.15. The third-order valence-corrected chi connectivity index (χ3v) is 4.26. The van der Waals surface area contributed by atoms with E-state index in [1.54, 1.807) is 0 Å². The van der Waals surface area contributed by atoms with E-state index < -0.39 is 0 Å². The van der Waals surface area contributed by atoms with E-state index in [4.69, 9.17) is 4.52 Å². The first kappa shape index (κ1) is 14.8. The van der Waals surface area contributed by atoms with Crippen LogP contribution in [0.3, 0.4) is 0 Å². The summed E-state index contributed by atoms with van der Waals surface area (Å²) >= 11 is 0. The maximum absolute atomic E-state index is 12.1. The highest BCUT2D eigenvalue weighted by molar-refractivity contribution is 5.77. The molecule has 1 N–H and O–H groups in total. The summed E-state index contributed by atoms with van der Waals surface area (Å²) in [5.41, 5.74) is 3.68. The van der Waals surface area contributed by atoms with Crippen LogP contribution in [0.25, 0.3) is 0 Å². The van der Waals surface area contributed by atoms with Gasteiger partial charge in [-0.05, 0) is 36.3 Å². The van der Waals surface area contributed by atoms with Gasteiger partial charge in [0, 0.05) is 12.5 Å². The SMILES string of the molecule is CCCc1cc(CNC(=O)C[C@H]2CCc3ccccc32)on1. The second-order valence-electron chi connectivity index (χ2n) is 5.95.